The molecule has 1 aliphatic heterocycles. The third-order valence-electron chi connectivity index (χ3n) is 3.37. The van der Waals surface area contributed by atoms with Gasteiger partial charge in [-0.15, -0.1) is 11.8 Å². The van der Waals surface area contributed by atoms with Crippen LogP contribution in [0.5, 0.6) is 0 Å². The summed E-state index contributed by atoms with van der Waals surface area (Å²) in [6.45, 7) is 4.15. The number of hydrogen-bond donors (Lipinski definition) is 1. The van der Waals surface area contributed by atoms with E-state index in [2.05, 4.69) is 15.4 Å². The third kappa shape index (κ3) is 2.92. The molecule has 0 aliphatic carbocycles. The topological polar surface area (TPSA) is 80.1 Å². The first-order valence-corrected chi connectivity index (χ1v) is 8.18. The maximum atomic E-state index is 12.0. The molecule has 0 aromatic carbocycles. The second-order valence-electron chi connectivity index (χ2n) is 5.44. The van der Waals surface area contributed by atoms with E-state index in [0.29, 0.717) is 17.3 Å². The van der Waals surface area contributed by atoms with E-state index in [0.717, 1.165) is 11.0 Å². The molecule has 0 radical (unpaired) electrons. The van der Waals surface area contributed by atoms with Crippen molar-refractivity contribution in [2.45, 2.75) is 19.9 Å². The van der Waals surface area contributed by atoms with E-state index in [1.807, 2.05) is 24.6 Å². The first-order chi connectivity index (χ1) is 10.5. The minimum absolute atomic E-state index is 0.00642. The molecular weight excluding hydrogens is 302 g/mol. The van der Waals surface area contributed by atoms with Gasteiger partial charge in [0.25, 0.3) is 0 Å². The molecule has 0 bridgehead atoms. The summed E-state index contributed by atoms with van der Waals surface area (Å²) >= 11 is 1.52. The van der Waals surface area contributed by atoms with Crippen molar-refractivity contribution in [1.29, 1.82) is 0 Å². The van der Waals surface area contributed by atoms with Crippen LogP contribution in [0.25, 0.3) is 11.0 Å². The minimum Gasteiger partial charge on any atom is -0.323 e. The fourth-order valence-electron chi connectivity index (χ4n) is 2.30. The monoisotopic (exact) mass is 319 g/mol. The molecule has 1 N–H and O–H groups in total. The highest BCUT2D eigenvalue weighted by atomic mass is 32.2. The predicted octanol–water partition coefficient (Wildman–Crippen LogP) is 1.48. The molecule has 2 amide bonds. The number of hydrogen-bond acceptors (Lipinski definition) is 5. The molecular formula is C14H17N5O2S. The van der Waals surface area contributed by atoms with E-state index in [1.165, 1.54) is 11.8 Å². The Kier molecular flexibility index (Phi) is 4.02. The van der Waals surface area contributed by atoms with Crippen LogP contribution in [0.3, 0.4) is 0 Å². The molecule has 1 fully saturated rings. The van der Waals surface area contributed by atoms with E-state index < -0.39 is 0 Å². The van der Waals surface area contributed by atoms with Crippen LogP contribution in [0.15, 0.2) is 18.5 Å². The van der Waals surface area contributed by atoms with Gasteiger partial charge in [-0.2, -0.15) is 5.10 Å². The summed E-state index contributed by atoms with van der Waals surface area (Å²) in [6, 6.07) is 2.07. The van der Waals surface area contributed by atoms with Gasteiger partial charge in [0.05, 0.1) is 29.7 Å². The number of pyridine rings is 1. The van der Waals surface area contributed by atoms with Crippen LogP contribution in [0.4, 0.5) is 5.69 Å². The van der Waals surface area contributed by atoms with Crippen LogP contribution < -0.4 is 5.32 Å². The number of amides is 2. The second-order valence-corrected chi connectivity index (χ2v) is 6.39. The number of anilines is 1. The Labute approximate surface area is 132 Å². The molecule has 1 aliphatic rings. The SMILES string of the molecule is CC(C)n1ncc2cc(NC(=O)CN3CSCC3=O)cnc21. The van der Waals surface area contributed by atoms with Crippen molar-refractivity contribution in [3.63, 3.8) is 0 Å². The number of aromatic nitrogens is 3. The van der Waals surface area contributed by atoms with Crippen molar-refractivity contribution >= 4 is 40.3 Å². The van der Waals surface area contributed by atoms with Crippen molar-refractivity contribution in [2.75, 3.05) is 23.5 Å². The van der Waals surface area contributed by atoms with E-state index in [1.54, 1.807) is 17.3 Å². The quantitative estimate of drug-likeness (QED) is 0.923. The Morgan fingerprint density at radius 1 is 1.45 bits per heavy atom. The van der Waals surface area contributed by atoms with Crippen LogP contribution in [-0.4, -0.2) is 49.7 Å². The summed E-state index contributed by atoms with van der Waals surface area (Å²) in [6.07, 6.45) is 3.35. The lowest BCUT2D eigenvalue weighted by Gasteiger charge is -2.14. The molecule has 0 unspecified atom stereocenters. The van der Waals surface area contributed by atoms with Gasteiger partial charge >= 0.3 is 0 Å². The number of nitrogens with one attached hydrogen (secondary N) is 1. The van der Waals surface area contributed by atoms with Gasteiger partial charge in [-0.25, -0.2) is 9.67 Å². The van der Waals surface area contributed by atoms with Gasteiger partial charge in [-0.3, -0.25) is 9.59 Å². The van der Waals surface area contributed by atoms with Crippen molar-refractivity contribution < 1.29 is 9.59 Å². The fourth-order valence-corrected chi connectivity index (χ4v) is 3.20. The molecule has 3 heterocycles. The summed E-state index contributed by atoms with van der Waals surface area (Å²) in [4.78, 5) is 29.4. The van der Waals surface area contributed by atoms with E-state index in [4.69, 9.17) is 0 Å². The molecule has 8 heteroatoms. The number of carbonyl (C=O) groups is 2. The third-order valence-corrected chi connectivity index (χ3v) is 4.31. The average molecular weight is 319 g/mol. The van der Waals surface area contributed by atoms with Gasteiger partial charge in [-0.1, -0.05) is 0 Å². The maximum Gasteiger partial charge on any atom is 0.244 e. The van der Waals surface area contributed by atoms with Gasteiger partial charge < -0.3 is 10.2 Å². The molecule has 1 saturated heterocycles. The molecule has 2 aromatic rings. The smallest absolute Gasteiger partial charge is 0.244 e. The number of nitrogens with zero attached hydrogens (tertiary/aromatic N) is 4. The highest BCUT2D eigenvalue weighted by Gasteiger charge is 2.22. The number of fused-ring (bicyclic) bond motifs is 1. The lowest BCUT2D eigenvalue weighted by Crippen LogP contribution is -2.34. The fraction of sp³-hybridized carbons (Fsp3) is 0.429. The Morgan fingerprint density at radius 3 is 2.95 bits per heavy atom. The normalized spacial score (nSPS) is 15.0. The predicted molar refractivity (Wildman–Crippen MR) is 85.6 cm³/mol. The zero-order valence-corrected chi connectivity index (χ0v) is 13.3. The van der Waals surface area contributed by atoms with Gasteiger partial charge in [0.2, 0.25) is 11.8 Å². The first-order valence-electron chi connectivity index (χ1n) is 7.03. The van der Waals surface area contributed by atoms with Gasteiger partial charge in [0.1, 0.15) is 6.54 Å². The highest BCUT2D eigenvalue weighted by Crippen LogP contribution is 2.19. The van der Waals surface area contributed by atoms with E-state index >= 15 is 0 Å². The van der Waals surface area contributed by atoms with E-state index in [-0.39, 0.29) is 24.4 Å². The largest absolute Gasteiger partial charge is 0.323 e. The van der Waals surface area contributed by atoms with Crippen LogP contribution in [0.1, 0.15) is 19.9 Å². The lowest BCUT2D eigenvalue weighted by molar-refractivity contribution is -0.130. The first kappa shape index (κ1) is 14.8. The molecule has 22 heavy (non-hydrogen) atoms. The second kappa shape index (κ2) is 5.96. The highest BCUT2D eigenvalue weighted by molar-refractivity contribution is 8.00. The van der Waals surface area contributed by atoms with Gasteiger partial charge in [-0.05, 0) is 19.9 Å². The average Bonchev–Trinajstić information content (AvgIpc) is 3.05. The van der Waals surface area contributed by atoms with E-state index in [9.17, 15) is 9.59 Å². The number of thioether (sulfide) groups is 1. The minimum atomic E-state index is -0.215. The summed E-state index contributed by atoms with van der Waals surface area (Å²) in [7, 11) is 0. The standard InChI is InChI=1S/C14H17N5O2S/c1-9(2)19-14-10(4-16-19)3-11(5-15-14)17-12(20)6-18-8-22-7-13(18)21/h3-5,9H,6-8H2,1-2H3,(H,17,20). The maximum absolute atomic E-state index is 12.0. The summed E-state index contributed by atoms with van der Waals surface area (Å²) in [5.41, 5.74) is 1.40. The molecule has 0 spiro atoms. The number of rotatable bonds is 4. The molecule has 2 aromatic heterocycles. The van der Waals surface area contributed by atoms with Crippen LogP contribution in [0.2, 0.25) is 0 Å². The molecule has 7 nitrogen and oxygen atoms in total. The molecule has 3 rings (SSSR count). The van der Waals surface area contributed by atoms with Crippen LogP contribution in [0, 0.1) is 0 Å². The zero-order valence-electron chi connectivity index (χ0n) is 12.4. The summed E-state index contributed by atoms with van der Waals surface area (Å²) in [5, 5.41) is 7.95. The Bertz CT molecular complexity index is 727. The van der Waals surface area contributed by atoms with Crippen molar-refractivity contribution in [2.24, 2.45) is 0 Å². The number of carbonyl (C=O) groups excluding carboxylic acids is 2. The summed E-state index contributed by atoms with van der Waals surface area (Å²) in [5.74, 6) is 0.819. The molecule has 0 atom stereocenters. The van der Waals surface area contributed by atoms with Gasteiger partial charge in [0.15, 0.2) is 5.65 Å². The summed E-state index contributed by atoms with van der Waals surface area (Å²) < 4.78 is 1.83. The Morgan fingerprint density at radius 2 is 2.27 bits per heavy atom. The molecule has 0 saturated carbocycles. The zero-order chi connectivity index (χ0) is 15.7. The molecule has 116 valence electrons. The Hall–Kier alpha value is -2.09. The van der Waals surface area contributed by atoms with Gasteiger partial charge in [0, 0.05) is 11.4 Å². The lowest BCUT2D eigenvalue weighted by atomic mass is 10.3. The Balaban J connectivity index is 1.71. The van der Waals surface area contributed by atoms with Crippen molar-refractivity contribution in [1.82, 2.24) is 19.7 Å². The van der Waals surface area contributed by atoms with Crippen molar-refractivity contribution in [3.8, 4) is 0 Å². The van der Waals surface area contributed by atoms with Crippen LogP contribution >= 0.6 is 11.8 Å². The van der Waals surface area contributed by atoms with Crippen LogP contribution in [-0.2, 0) is 9.59 Å². The van der Waals surface area contributed by atoms with Crippen molar-refractivity contribution in [3.05, 3.63) is 18.5 Å².